The second-order valence-electron chi connectivity index (χ2n) is 12.5. The fourth-order valence-electron chi connectivity index (χ4n) is 5.58. The van der Waals surface area contributed by atoms with E-state index in [1.165, 1.54) is 0 Å². The van der Waals surface area contributed by atoms with Gasteiger partial charge < -0.3 is 19.7 Å². The number of allylic oxidation sites excluding steroid dienone is 4. The minimum absolute atomic E-state index is 0.0307. The Morgan fingerprint density at radius 3 is 1.43 bits per heavy atom. The Morgan fingerprint density at radius 2 is 1.07 bits per heavy atom. The highest BCUT2D eigenvalue weighted by Gasteiger charge is 2.38. The molecule has 2 N–H and O–H groups in total. The third-order valence-corrected chi connectivity index (χ3v) is 7.52. The molecule has 0 unspecified atom stereocenters. The van der Waals surface area contributed by atoms with Crippen molar-refractivity contribution in [3.05, 3.63) is 71.2 Å². The number of nitrogens with zero attached hydrogens (tertiary/aromatic N) is 2. The molecule has 222 valence electrons. The fourth-order valence-corrected chi connectivity index (χ4v) is 5.58. The molecular formula is C34H40N2O6. The van der Waals surface area contributed by atoms with Crippen LogP contribution in [0, 0.1) is 10.8 Å². The third-order valence-electron chi connectivity index (χ3n) is 7.52. The number of ether oxygens (including phenoxy) is 2. The first kappa shape index (κ1) is 30.8. The number of Topliss-reactive ketones (excluding diaryl/α,β-unsaturated/α-hetero) is 2. The van der Waals surface area contributed by atoms with E-state index in [-0.39, 0.29) is 70.7 Å². The van der Waals surface area contributed by atoms with Crippen LogP contribution in [0.2, 0.25) is 0 Å². The van der Waals surface area contributed by atoms with Crippen LogP contribution in [0.15, 0.2) is 81.2 Å². The maximum Gasteiger partial charge on any atom is 0.168 e. The van der Waals surface area contributed by atoms with Gasteiger partial charge in [-0.1, -0.05) is 39.8 Å². The summed E-state index contributed by atoms with van der Waals surface area (Å²) in [6.45, 7) is 7.98. The zero-order chi connectivity index (χ0) is 30.7. The number of hydrogen-bond donors (Lipinski definition) is 2. The highest BCUT2D eigenvalue weighted by Crippen LogP contribution is 2.39. The lowest BCUT2D eigenvalue weighted by atomic mass is 9.72. The molecule has 2 saturated carbocycles. The van der Waals surface area contributed by atoms with E-state index in [2.05, 4.69) is 0 Å². The Morgan fingerprint density at radius 1 is 0.690 bits per heavy atom. The zero-order valence-corrected chi connectivity index (χ0v) is 25.3. The van der Waals surface area contributed by atoms with Crippen molar-refractivity contribution in [2.75, 3.05) is 14.2 Å². The molecule has 0 aromatic heterocycles. The van der Waals surface area contributed by atoms with Crippen molar-refractivity contribution in [3.8, 4) is 11.5 Å². The Labute approximate surface area is 247 Å². The summed E-state index contributed by atoms with van der Waals surface area (Å²) in [5, 5.41) is 22.4. The first-order valence-corrected chi connectivity index (χ1v) is 14.2. The number of benzene rings is 2. The maximum atomic E-state index is 13.3. The van der Waals surface area contributed by atoms with E-state index in [1.54, 1.807) is 26.4 Å². The van der Waals surface area contributed by atoms with Gasteiger partial charge in [-0.05, 0) is 47.9 Å². The van der Waals surface area contributed by atoms with E-state index in [0.29, 0.717) is 47.1 Å². The molecule has 0 saturated heterocycles. The van der Waals surface area contributed by atoms with Crippen LogP contribution in [-0.4, -0.2) is 47.4 Å². The smallest absolute Gasteiger partial charge is 0.168 e. The quantitative estimate of drug-likeness (QED) is 0.259. The van der Waals surface area contributed by atoms with Gasteiger partial charge in [0.1, 0.15) is 23.0 Å². The molecule has 42 heavy (non-hydrogen) atoms. The predicted octanol–water partition coefficient (Wildman–Crippen LogP) is 7.73. The first-order chi connectivity index (χ1) is 19.8. The van der Waals surface area contributed by atoms with Gasteiger partial charge in [0.05, 0.1) is 48.2 Å². The van der Waals surface area contributed by atoms with Crippen LogP contribution in [0.3, 0.4) is 0 Å². The lowest BCUT2D eigenvalue weighted by molar-refractivity contribution is -0.118. The standard InChI is InChI=1S/C34H40N2O6/c1-33(2)17-25(35-21-9-7-11-23(15-21)41-5)31(29(39)19-33)27(37)13-14-28(38)32-26(18-34(3,4)20-30(32)40)36-22-10-8-12-24(16-22)42-6/h7-12,15-16,37-38H,13-14,17-20H2,1-6H3/b31-27+,32-28+,35-25?,36-26?. The molecule has 0 aliphatic heterocycles. The van der Waals surface area contributed by atoms with Crippen molar-refractivity contribution >= 4 is 34.4 Å². The van der Waals surface area contributed by atoms with Crippen molar-refractivity contribution < 1.29 is 29.3 Å². The molecular weight excluding hydrogens is 532 g/mol. The van der Waals surface area contributed by atoms with Crippen molar-refractivity contribution in [1.29, 1.82) is 0 Å². The van der Waals surface area contributed by atoms with Gasteiger partial charge in [0.25, 0.3) is 0 Å². The molecule has 2 fully saturated rings. The summed E-state index contributed by atoms with van der Waals surface area (Å²) < 4.78 is 10.6. The van der Waals surface area contributed by atoms with Crippen LogP contribution in [0.1, 0.15) is 66.2 Å². The highest BCUT2D eigenvalue weighted by molar-refractivity contribution is 6.26. The van der Waals surface area contributed by atoms with Gasteiger partial charge >= 0.3 is 0 Å². The summed E-state index contributed by atoms with van der Waals surface area (Å²) in [5.74, 6) is 0.563. The van der Waals surface area contributed by atoms with Gasteiger partial charge in [0.15, 0.2) is 11.6 Å². The van der Waals surface area contributed by atoms with Gasteiger partial charge in [-0.15, -0.1) is 0 Å². The fraction of sp³-hybridized carbons (Fsp3) is 0.412. The molecule has 0 amide bonds. The molecule has 0 atom stereocenters. The monoisotopic (exact) mass is 572 g/mol. The molecule has 2 aliphatic rings. The van der Waals surface area contributed by atoms with E-state index in [4.69, 9.17) is 19.5 Å². The summed E-state index contributed by atoms with van der Waals surface area (Å²) in [5.41, 5.74) is 1.91. The first-order valence-electron chi connectivity index (χ1n) is 14.2. The van der Waals surface area contributed by atoms with Crippen molar-refractivity contribution in [1.82, 2.24) is 0 Å². The maximum absolute atomic E-state index is 13.3. The van der Waals surface area contributed by atoms with Gasteiger partial charge in [0.2, 0.25) is 0 Å². The topological polar surface area (TPSA) is 118 Å². The Kier molecular flexibility index (Phi) is 9.04. The number of methoxy groups -OCH3 is 2. The third kappa shape index (κ3) is 7.35. The van der Waals surface area contributed by atoms with E-state index in [1.807, 2.05) is 64.1 Å². The molecule has 4 rings (SSSR count). The van der Waals surface area contributed by atoms with E-state index >= 15 is 0 Å². The molecule has 0 heterocycles. The van der Waals surface area contributed by atoms with Crippen molar-refractivity contribution in [3.63, 3.8) is 0 Å². The second-order valence-corrected chi connectivity index (χ2v) is 12.5. The van der Waals surface area contributed by atoms with Crippen LogP contribution in [0.25, 0.3) is 0 Å². The molecule has 2 aliphatic carbocycles. The largest absolute Gasteiger partial charge is 0.511 e. The van der Waals surface area contributed by atoms with E-state index in [0.717, 1.165) is 0 Å². The van der Waals surface area contributed by atoms with Crippen molar-refractivity contribution in [2.45, 2.75) is 66.2 Å². The average molecular weight is 573 g/mol. The molecule has 8 heteroatoms. The molecule has 2 aromatic rings. The molecule has 8 nitrogen and oxygen atoms in total. The minimum Gasteiger partial charge on any atom is -0.511 e. The number of carbonyl (C=O) groups is 2. The summed E-state index contributed by atoms with van der Waals surface area (Å²) >= 11 is 0. The number of aliphatic hydroxyl groups excluding tert-OH is 2. The number of hydrogen-bond acceptors (Lipinski definition) is 8. The van der Waals surface area contributed by atoms with Crippen LogP contribution in [0.4, 0.5) is 11.4 Å². The van der Waals surface area contributed by atoms with Crippen molar-refractivity contribution in [2.24, 2.45) is 20.8 Å². The lowest BCUT2D eigenvalue weighted by Gasteiger charge is -2.32. The molecule has 0 spiro atoms. The number of ketones is 2. The average Bonchev–Trinajstić information content (AvgIpc) is 2.90. The van der Waals surface area contributed by atoms with Crippen LogP contribution in [-0.2, 0) is 9.59 Å². The summed E-state index contributed by atoms with van der Waals surface area (Å²) in [6, 6.07) is 14.4. The van der Waals surface area contributed by atoms with Gasteiger partial charge in [-0.3, -0.25) is 19.6 Å². The van der Waals surface area contributed by atoms with Gasteiger partial charge in [0, 0.05) is 37.8 Å². The number of carbonyl (C=O) groups excluding carboxylic acids is 2. The number of aliphatic hydroxyl groups is 2. The Balaban J connectivity index is 1.69. The molecule has 0 bridgehead atoms. The predicted molar refractivity (Wildman–Crippen MR) is 165 cm³/mol. The molecule has 2 aromatic carbocycles. The summed E-state index contributed by atoms with van der Waals surface area (Å²) in [6.07, 6.45) is 1.46. The number of rotatable bonds is 7. The van der Waals surface area contributed by atoms with Crippen LogP contribution < -0.4 is 9.47 Å². The van der Waals surface area contributed by atoms with E-state index < -0.39 is 0 Å². The Hall–Kier alpha value is -4.20. The highest BCUT2D eigenvalue weighted by atomic mass is 16.5. The SMILES string of the molecule is COc1cccc(N=C2CC(C)(C)CC(=O)/C2=C(/O)CC/C(O)=C2\C(=O)CC(C)(C)CC2=Nc2cccc(OC)c2)c1. The summed E-state index contributed by atoms with van der Waals surface area (Å²) in [4.78, 5) is 36.0. The number of aliphatic imine (C=N–C) groups is 2. The zero-order valence-electron chi connectivity index (χ0n) is 25.3. The minimum atomic E-state index is -0.324. The second kappa shape index (κ2) is 12.3. The van der Waals surface area contributed by atoms with Gasteiger partial charge in [-0.25, -0.2) is 0 Å². The van der Waals surface area contributed by atoms with Crippen LogP contribution >= 0.6 is 0 Å². The van der Waals surface area contributed by atoms with E-state index in [9.17, 15) is 19.8 Å². The normalized spacial score (nSPS) is 22.7. The van der Waals surface area contributed by atoms with Gasteiger partial charge in [-0.2, -0.15) is 0 Å². The Bertz CT molecular complexity index is 1400. The summed E-state index contributed by atoms with van der Waals surface area (Å²) in [7, 11) is 3.14. The lowest BCUT2D eigenvalue weighted by Crippen LogP contribution is -2.33. The molecule has 0 radical (unpaired) electrons. The van der Waals surface area contributed by atoms with Crippen LogP contribution in [0.5, 0.6) is 11.5 Å².